The van der Waals surface area contributed by atoms with E-state index in [1.165, 1.54) is 17.0 Å². The Balaban J connectivity index is 2.77. The smallest absolute Gasteiger partial charge is 0.325 e. The summed E-state index contributed by atoms with van der Waals surface area (Å²) in [5, 5.41) is 7.53. The van der Waals surface area contributed by atoms with Gasteiger partial charge < -0.3 is 9.64 Å². The Morgan fingerprint density at radius 1 is 1.32 bits per heavy atom. The molecule has 0 atom stereocenters. The van der Waals surface area contributed by atoms with Gasteiger partial charge in [-0.25, -0.2) is 0 Å². The number of nitrogens with zero attached hydrogens (tertiary/aromatic N) is 3. The van der Waals surface area contributed by atoms with Crippen molar-refractivity contribution in [3.63, 3.8) is 0 Å². The number of carbonyl (C=O) groups excluding carboxylic acids is 2. The highest BCUT2D eigenvalue weighted by atomic mass is 35.5. The van der Waals surface area contributed by atoms with Crippen molar-refractivity contribution in [2.75, 3.05) is 19.7 Å². The highest BCUT2D eigenvalue weighted by Crippen LogP contribution is 2.06. The van der Waals surface area contributed by atoms with E-state index in [0.717, 1.165) is 6.42 Å². The molecule has 0 aliphatic rings. The Morgan fingerprint density at radius 2 is 2.05 bits per heavy atom. The highest BCUT2D eigenvalue weighted by Gasteiger charge is 2.20. The zero-order chi connectivity index (χ0) is 14.3. The normalized spacial score (nSPS) is 10.1. The van der Waals surface area contributed by atoms with Gasteiger partial charge in [-0.05, 0) is 25.5 Å². The molecule has 1 aromatic rings. The maximum atomic E-state index is 12.2. The van der Waals surface area contributed by atoms with E-state index in [2.05, 4.69) is 10.2 Å². The summed E-state index contributed by atoms with van der Waals surface area (Å²) in [4.78, 5) is 25.0. The fourth-order valence-electron chi connectivity index (χ4n) is 1.48. The van der Waals surface area contributed by atoms with E-state index >= 15 is 0 Å². The zero-order valence-corrected chi connectivity index (χ0v) is 11.7. The number of ether oxygens (including phenoxy) is 1. The van der Waals surface area contributed by atoms with Gasteiger partial charge in [0.25, 0.3) is 5.91 Å². The van der Waals surface area contributed by atoms with Gasteiger partial charge in [-0.15, -0.1) is 10.2 Å². The Bertz CT molecular complexity index is 436. The third kappa shape index (κ3) is 4.82. The number of halogens is 1. The largest absolute Gasteiger partial charge is 0.465 e. The average molecular weight is 286 g/mol. The molecule has 0 bridgehead atoms. The van der Waals surface area contributed by atoms with Crippen molar-refractivity contribution in [2.45, 2.75) is 20.3 Å². The topological polar surface area (TPSA) is 72.4 Å². The van der Waals surface area contributed by atoms with E-state index in [1.807, 2.05) is 6.92 Å². The Hall–Kier alpha value is -1.69. The first-order valence-corrected chi connectivity index (χ1v) is 6.40. The molecule has 0 aliphatic carbocycles. The van der Waals surface area contributed by atoms with Crippen molar-refractivity contribution >= 4 is 23.5 Å². The summed E-state index contributed by atoms with van der Waals surface area (Å²) in [5.41, 5.74) is 0.155. The van der Waals surface area contributed by atoms with Gasteiger partial charge in [-0.3, -0.25) is 9.59 Å². The monoisotopic (exact) mass is 285 g/mol. The second-order valence-corrected chi connectivity index (χ2v) is 4.16. The van der Waals surface area contributed by atoms with Crippen molar-refractivity contribution in [1.82, 2.24) is 15.1 Å². The molecule has 0 N–H and O–H groups in total. The molecule has 1 rings (SSSR count). The first-order valence-electron chi connectivity index (χ1n) is 6.02. The number of carbonyl (C=O) groups is 2. The molecule has 0 saturated carbocycles. The lowest BCUT2D eigenvalue weighted by Gasteiger charge is -2.20. The Kier molecular flexibility index (Phi) is 6.21. The lowest BCUT2D eigenvalue weighted by atomic mass is 10.3. The Labute approximate surface area is 116 Å². The molecule has 104 valence electrons. The third-order valence-corrected chi connectivity index (χ3v) is 2.46. The molecule has 6 nitrogen and oxygen atoms in total. The zero-order valence-electron chi connectivity index (χ0n) is 10.9. The van der Waals surface area contributed by atoms with Crippen LogP contribution in [0.25, 0.3) is 0 Å². The van der Waals surface area contributed by atoms with Gasteiger partial charge >= 0.3 is 5.97 Å². The second-order valence-electron chi connectivity index (χ2n) is 3.77. The summed E-state index contributed by atoms with van der Waals surface area (Å²) in [6.07, 6.45) is 0.728. The van der Waals surface area contributed by atoms with Crippen LogP contribution in [0.1, 0.15) is 30.8 Å². The Morgan fingerprint density at radius 3 is 2.58 bits per heavy atom. The SMILES string of the molecule is CCCN(CC(=O)OCC)C(=O)c1ccc(Cl)nn1. The lowest BCUT2D eigenvalue weighted by molar-refractivity contribution is -0.143. The van der Waals surface area contributed by atoms with Crippen LogP contribution in [-0.4, -0.2) is 46.7 Å². The number of aromatic nitrogens is 2. The van der Waals surface area contributed by atoms with Gasteiger partial charge in [-0.2, -0.15) is 0 Å². The molecule has 1 heterocycles. The summed E-state index contributed by atoms with van der Waals surface area (Å²) in [6, 6.07) is 2.96. The molecule has 0 radical (unpaired) electrons. The molecule has 7 heteroatoms. The summed E-state index contributed by atoms with van der Waals surface area (Å²) < 4.78 is 4.83. The molecule has 0 fully saturated rings. The summed E-state index contributed by atoms with van der Waals surface area (Å²) in [5.74, 6) is -0.801. The van der Waals surface area contributed by atoms with Crippen molar-refractivity contribution in [3.8, 4) is 0 Å². The minimum absolute atomic E-state index is 0.0924. The predicted octanol–water partition coefficient (Wildman–Crippen LogP) is 1.55. The van der Waals surface area contributed by atoms with Crippen LogP contribution in [0.5, 0.6) is 0 Å². The van der Waals surface area contributed by atoms with Gasteiger partial charge in [0.2, 0.25) is 0 Å². The maximum absolute atomic E-state index is 12.2. The molecular weight excluding hydrogens is 270 g/mol. The molecule has 0 saturated heterocycles. The van der Waals surface area contributed by atoms with E-state index in [-0.39, 0.29) is 29.9 Å². The van der Waals surface area contributed by atoms with E-state index in [0.29, 0.717) is 6.54 Å². The standard InChI is InChI=1S/C12H16ClN3O3/c1-3-7-16(8-11(17)19-4-2)12(18)9-5-6-10(13)15-14-9/h5-6H,3-4,7-8H2,1-2H3. The molecular formula is C12H16ClN3O3. The molecule has 1 aromatic heterocycles. The van der Waals surface area contributed by atoms with Crippen LogP contribution in [0.15, 0.2) is 12.1 Å². The average Bonchev–Trinajstić information content (AvgIpc) is 2.38. The van der Waals surface area contributed by atoms with E-state index in [9.17, 15) is 9.59 Å². The van der Waals surface area contributed by atoms with E-state index in [1.54, 1.807) is 6.92 Å². The third-order valence-electron chi connectivity index (χ3n) is 2.26. The fraction of sp³-hybridized carbons (Fsp3) is 0.500. The van der Waals surface area contributed by atoms with Crippen molar-refractivity contribution < 1.29 is 14.3 Å². The molecule has 19 heavy (non-hydrogen) atoms. The van der Waals surface area contributed by atoms with Crippen molar-refractivity contribution in [2.24, 2.45) is 0 Å². The summed E-state index contributed by atoms with van der Waals surface area (Å²) in [7, 11) is 0. The molecule has 1 amide bonds. The first-order chi connectivity index (χ1) is 9.08. The quantitative estimate of drug-likeness (QED) is 0.742. The molecule has 0 aromatic carbocycles. The van der Waals surface area contributed by atoms with Crippen LogP contribution in [0.3, 0.4) is 0 Å². The molecule has 0 spiro atoms. The van der Waals surface area contributed by atoms with Crippen LogP contribution in [0, 0.1) is 0 Å². The van der Waals surface area contributed by atoms with Gasteiger partial charge in [0.1, 0.15) is 6.54 Å². The highest BCUT2D eigenvalue weighted by molar-refractivity contribution is 6.29. The van der Waals surface area contributed by atoms with Crippen LogP contribution in [-0.2, 0) is 9.53 Å². The molecule has 0 unspecified atom stereocenters. The minimum Gasteiger partial charge on any atom is -0.465 e. The van der Waals surface area contributed by atoms with Crippen LogP contribution in [0.2, 0.25) is 5.15 Å². The number of esters is 1. The number of hydrogen-bond acceptors (Lipinski definition) is 5. The van der Waals surface area contributed by atoms with Gasteiger partial charge in [-0.1, -0.05) is 18.5 Å². The van der Waals surface area contributed by atoms with Crippen molar-refractivity contribution in [1.29, 1.82) is 0 Å². The van der Waals surface area contributed by atoms with Crippen LogP contribution >= 0.6 is 11.6 Å². The van der Waals surface area contributed by atoms with Crippen LogP contribution < -0.4 is 0 Å². The predicted molar refractivity (Wildman–Crippen MR) is 69.9 cm³/mol. The number of amides is 1. The number of hydrogen-bond donors (Lipinski definition) is 0. The summed E-state index contributed by atoms with van der Waals surface area (Å²) >= 11 is 5.61. The number of rotatable bonds is 6. The van der Waals surface area contributed by atoms with Crippen LogP contribution in [0.4, 0.5) is 0 Å². The summed E-state index contributed by atoms with van der Waals surface area (Å²) in [6.45, 7) is 4.27. The molecule has 0 aliphatic heterocycles. The van der Waals surface area contributed by atoms with Gasteiger partial charge in [0, 0.05) is 6.54 Å². The van der Waals surface area contributed by atoms with Gasteiger partial charge in [0.15, 0.2) is 10.8 Å². The maximum Gasteiger partial charge on any atom is 0.325 e. The van der Waals surface area contributed by atoms with Gasteiger partial charge in [0.05, 0.1) is 6.61 Å². The van der Waals surface area contributed by atoms with Crippen molar-refractivity contribution in [3.05, 3.63) is 23.0 Å². The second kappa shape index (κ2) is 7.68. The van der Waals surface area contributed by atoms with E-state index in [4.69, 9.17) is 16.3 Å². The minimum atomic E-state index is -0.439. The van der Waals surface area contributed by atoms with E-state index < -0.39 is 5.97 Å². The first kappa shape index (κ1) is 15.4. The lowest BCUT2D eigenvalue weighted by Crippen LogP contribution is -2.37. The fourth-order valence-corrected chi connectivity index (χ4v) is 1.58.